The number of hydrogen-bond donors (Lipinski definition) is 3. The molecule has 0 heterocycles. The predicted molar refractivity (Wildman–Crippen MR) is 41.3 cm³/mol. The van der Waals surface area contributed by atoms with Gasteiger partial charge in [0, 0.05) is 6.07 Å². The first-order chi connectivity index (χ1) is 6.35. The van der Waals surface area contributed by atoms with Crippen molar-refractivity contribution >= 4 is 5.97 Å². The molecule has 0 aliphatic rings. The van der Waals surface area contributed by atoms with Crippen LogP contribution in [0.2, 0.25) is 0 Å². The van der Waals surface area contributed by atoms with Crippen molar-refractivity contribution in [3.05, 3.63) is 23.8 Å². The molecule has 0 bridgehead atoms. The largest absolute Gasteiger partial charge is 0.508 e. The predicted octanol–water partition coefficient (Wildman–Crippen LogP) is 1.27. The Labute approximate surface area is 77.0 Å². The maximum Gasteiger partial charge on any atom is 0.379 e. The van der Waals surface area contributed by atoms with E-state index in [1.807, 2.05) is 0 Å². The normalized spacial score (nSPS) is 11.3. The van der Waals surface area contributed by atoms with Crippen molar-refractivity contribution in [2.45, 2.75) is 5.92 Å². The third-order valence-electron chi connectivity index (χ3n) is 1.59. The topological polar surface area (TPSA) is 77.8 Å². The number of alkyl halides is 2. The van der Waals surface area contributed by atoms with Gasteiger partial charge in [-0.25, -0.2) is 4.79 Å². The second kappa shape index (κ2) is 3.13. The molecular formula is C8H6F2O4. The molecule has 0 aliphatic heterocycles. The summed E-state index contributed by atoms with van der Waals surface area (Å²) in [6, 6.07) is 2.16. The molecule has 0 aromatic heterocycles. The molecule has 1 aromatic carbocycles. The highest BCUT2D eigenvalue weighted by atomic mass is 19.3. The minimum absolute atomic E-state index is 0.424. The third-order valence-corrected chi connectivity index (χ3v) is 1.59. The molecule has 3 N–H and O–H groups in total. The van der Waals surface area contributed by atoms with E-state index in [0.29, 0.717) is 12.1 Å². The fourth-order valence-corrected chi connectivity index (χ4v) is 0.901. The summed E-state index contributed by atoms with van der Waals surface area (Å²) in [6.45, 7) is 0. The van der Waals surface area contributed by atoms with Gasteiger partial charge in [0.15, 0.2) is 0 Å². The van der Waals surface area contributed by atoms with Crippen LogP contribution in [0.15, 0.2) is 18.2 Å². The summed E-state index contributed by atoms with van der Waals surface area (Å²) in [7, 11) is 0. The van der Waals surface area contributed by atoms with Crippen LogP contribution in [0.25, 0.3) is 0 Å². The number of carboxylic acid groups (broad SMARTS) is 1. The Morgan fingerprint density at radius 2 is 1.86 bits per heavy atom. The smallest absolute Gasteiger partial charge is 0.379 e. The fourth-order valence-electron chi connectivity index (χ4n) is 0.901. The van der Waals surface area contributed by atoms with E-state index in [2.05, 4.69) is 0 Å². The summed E-state index contributed by atoms with van der Waals surface area (Å²) < 4.78 is 25.7. The SMILES string of the molecule is O=C(O)C(F)(F)c1ccc(O)cc1O. The van der Waals surface area contributed by atoms with Gasteiger partial charge in [-0.15, -0.1) is 0 Å². The molecule has 0 radical (unpaired) electrons. The summed E-state index contributed by atoms with van der Waals surface area (Å²) in [6.07, 6.45) is 0. The van der Waals surface area contributed by atoms with E-state index in [1.54, 1.807) is 0 Å². The van der Waals surface area contributed by atoms with Crippen LogP contribution in [0.5, 0.6) is 11.5 Å². The molecular weight excluding hydrogens is 198 g/mol. The van der Waals surface area contributed by atoms with Gasteiger partial charge in [-0.05, 0) is 12.1 Å². The van der Waals surface area contributed by atoms with Crippen LogP contribution < -0.4 is 0 Å². The van der Waals surface area contributed by atoms with Crippen LogP contribution in [0.3, 0.4) is 0 Å². The maximum atomic E-state index is 12.8. The Balaban J connectivity index is 3.26. The molecule has 1 rings (SSSR count). The minimum atomic E-state index is -4.17. The van der Waals surface area contributed by atoms with Crippen molar-refractivity contribution in [3.8, 4) is 11.5 Å². The van der Waals surface area contributed by atoms with E-state index in [4.69, 9.17) is 15.3 Å². The van der Waals surface area contributed by atoms with Gasteiger partial charge in [-0.2, -0.15) is 8.78 Å². The lowest BCUT2D eigenvalue weighted by Gasteiger charge is -2.12. The zero-order valence-electron chi connectivity index (χ0n) is 6.74. The van der Waals surface area contributed by atoms with Crippen molar-refractivity contribution < 1.29 is 28.9 Å². The number of phenols is 2. The zero-order valence-corrected chi connectivity index (χ0v) is 6.74. The van der Waals surface area contributed by atoms with Gasteiger partial charge in [0.1, 0.15) is 11.5 Å². The first-order valence-electron chi connectivity index (χ1n) is 3.49. The third kappa shape index (κ3) is 1.59. The lowest BCUT2D eigenvalue weighted by atomic mass is 10.1. The van der Waals surface area contributed by atoms with Crippen LogP contribution in [0, 0.1) is 0 Å². The summed E-state index contributed by atoms with van der Waals surface area (Å²) in [5.74, 6) is -7.92. The molecule has 0 unspecified atom stereocenters. The summed E-state index contributed by atoms with van der Waals surface area (Å²) in [5.41, 5.74) is -1.05. The van der Waals surface area contributed by atoms with Crippen molar-refractivity contribution in [3.63, 3.8) is 0 Å². The number of aromatic hydroxyl groups is 2. The number of halogens is 2. The van der Waals surface area contributed by atoms with Gasteiger partial charge in [0.05, 0.1) is 5.56 Å². The first-order valence-corrected chi connectivity index (χ1v) is 3.49. The molecule has 6 heteroatoms. The Hall–Kier alpha value is -1.85. The average molecular weight is 204 g/mol. The Morgan fingerprint density at radius 3 is 2.29 bits per heavy atom. The maximum absolute atomic E-state index is 12.8. The summed E-state index contributed by atoms with van der Waals surface area (Å²) >= 11 is 0. The second-order valence-corrected chi connectivity index (χ2v) is 2.58. The Morgan fingerprint density at radius 1 is 1.29 bits per heavy atom. The second-order valence-electron chi connectivity index (χ2n) is 2.58. The van der Waals surface area contributed by atoms with Gasteiger partial charge < -0.3 is 15.3 Å². The summed E-state index contributed by atoms with van der Waals surface area (Å²) in [5, 5.41) is 25.9. The number of carboxylic acids is 1. The number of carbonyl (C=O) groups is 1. The standard InChI is InChI=1S/C8H6F2O4/c9-8(10,7(13)14)5-2-1-4(11)3-6(5)12/h1-3,11-12H,(H,13,14). The molecule has 0 spiro atoms. The molecule has 0 saturated heterocycles. The van der Waals surface area contributed by atoms with E-state index < -0.39 is 29.0 Å². The van der Waals surface area contributed by atoms with Crippen LogP contribution in [-0.2, 0) is 10.7 Å². The van der Waals surface area contributed by atoms with E-state index in [-0.39, 0.29) is 0 Å². The van der Waals surface area contributed by atoms with Crippen molar-refractivity contribution in [2.24, 2.45) is 0 Å². The lowest BCUT2D eigenvalue weighted by molar-refractivity contribution is -0.166. The highest BCUT2D eigenvalue weighted by molar-refractivity contribution is 5.78. The first kappa shape index (κ1) is 10.2. The molecule has 0 saturated carbocycles. The van der Waals surface area contributed by atoms with Crippen LogP contribution in [0.1, 0.15) is 5.56 Å². The highest BCUT2D eigenvalue weighted by Gasteiger charge is 2.43. The number of phenolic OH excluding ortho intramolecular Hbond substituents is 2. The van der Waals surface area contributed by atoms with Gasteiger partial charge in [-0.3, -0.25) is 0 Å². The quantitative estimate of drug-likeness (QED) is 0.677. The van der Waals surface area contributed by atoms with E-state index in [9.17, 15) is 13.6 Å². The van der Waals surface area contributed by atoms with E-state index in [1.165, 1.54) is 0 Å². The fraction of sp³-hybridized carbons (Fsp3) is 0.125. The molecule has 0 fully saturated rings. The molecule has 0 atom stereocenters. The van der Waals surface area contributed by atoms with Crippen LogP contribution >= 0.6 is 0 Å². The molecule has 4 nitrogen and oxygen atoms in total. The van der Waals surface area contributed by atoms with Crippen molar-refractivity contribution in [1.82, 2.24) is 0 Å². The monoisotopic (exact) mass is 204 g/mol. The molecule has 76 valence electrons. The Bertz CT molecular complexity index is 376. The van der Waals surface area contributed by atoms with E-state index in [0.717, 1.165) is 6.07 Å². The number of rotatable bonds is 2. The number of hydrogen-bond acceptors (Lipinski definition) is 3. The Kier molecular flexibility index (Phi) is 2.29. The van der Waals surface area contributed by atoms with E-state index >= 15 is 0 Å². The van der Waals surface area contributed by atoms with Gasteiger partial charge >= 0.3 is 11.9 Å². The molecule has 14 heavy (non-hydrogen) atoms. The zero-order chi connectivity index (χ0) is 10.9. The van der Waals surface area contributed by atoms with Gasteiger partial charge in [0.25, 0.3) is 0 Å². The summed E-state index contributed by atoms with van der Waals surface area (Å²) in [4.78, 5) is 10.1. The minimum Gasteiger partial charge on any atom is -0.508 e. The highest BCUT2D eigenvalue weighted by Crippen LogP contribution is 2.36. The average Bonchev–Trinajstić information content (AvgIpc) is 2.02. The number of benzene rings is 1. The van der Waals surface area contributed by atoms with Gasteiger partial charge in [-0.1, -0.05) is 0 Å². The molecule has 0 aliphatic carbocycles. The lowest BCUT2D eigenvalue weighted by Crippen LogP contribution is -2.25. The van der Waals surface area contributed by atoms with Crippen molar-refractivity contribution in [2.75, 3.05) is 0 Å². The van der Waals surface area contributed by atoms with Crippen LogP contribution in [0.4, 0.5) is 8.78 Å². The van der Waals surface area contributed by atoms with Crippen molar-refractivity contribution in [1.29, 1.82) is 0 Å². The molecule has 1 aromatic rings. The molecule has 0 amide bonds. The van der Waals surface area contributed by atoms with Gasteiger partial charge in [0.2, 0.25) is 0 Å². The van der Waals surface area contributed by atoms with Crippen LogP contribution in [-0.4, -0.2) is 21.3 Å². The number of aliphatic carboxylic acids is 1.